The van der Waals surface area contributed by atoms with Crippen molar-refractivity contribution in [1.82, 2.24) is 24.9 Å². The molecule has 8 rings (SSSR count). The maximum Gasteiger partial charge on any atom is 0.309 e. The minimum absolute atomic E-state index is 0.0350. The summed E-state index contributed by atoms with van der Waals surface area (Å²) in [5.41, 5.74) is 5.06. The van der Waals surface area contributed by atoms with Gasteiger partial charge in [-0.3, -0.25) is 14.6 Å². The third kappa shape index (κ3) is 6.56. The third-order valence-electron chi connectivity index (χ3n) is 8.90. The second kappa shape index (κ2) is 14.3. The molecule has 49 heavy (non-hydrogen) atoms. The Morgan fingerprint density at radius 3 is 2.14 bits per heavy atom. The SMILES string of the molecule is CCOC(=O)[C@H]1CCc2c(sc3ncnc(Cl)c23)C1.CCOC(=O)[C@H]1CCc2c(sc3ncnc(Nc4cc5c(nc4OC)CN=C5)c23)C1. The first-order valence-electron chi connectivity index (χ1n) is 16.2. The largest absolute Gasteiger partial charge is 0.480 e. The van der Waals surface area contributed by atoms with E-state index >= 15 is 0 Å². The van der Waals surface area contributed by atoms with E-state index in [4.69, 9.17) is 25.8 Å². The average Bonchev–Trinajstić information content (AvgIpc) is 3.83. The van der Waals surface area contributed by atoms with Crippen LogP contribution in [0.25, 0.3) is 20.4 Å². The molecule has 0 saturated heterocycles. The molecule has 0 radical (unpaired) electrons. The lowest BCUT2D eigenvalue weighted by molar-refractivity contribution is -0.149. The van der Waals surface area contributed by atoms with Crippen molar-refractivity contribution in [2.24, 2.45) is 16.8 Å². The summed E-state index contributed by atoms with van der Waals surface area (Å²) in [7, 11) is 1.60. The van der Waals surface area contributed by atoms with Crippen LogP contribution in [0.3, 0.4) is 0 Å². The zero-order valence-corrected chi connectivity index (χ0v) is 29.6. The predicted octanol–water partition coefficient (Wildman–Crippen LogP) is 6.45. The van der Waals surface area contributed by atoms with Crippen molar-refractivity contribution >= 4 is 84.4 Å². The van der Waals surface area contributed by atoms with Gasteiger partial charge in [0.25, 0.3) is 0 Å². The predicted molar refractivity (Wildman–Crippen MR) is 190 cm³/mol. The molecule has 0 aromatic carbocycles. The van der Waals surface area contributed by atoms with E-state index in [1.165, 1.54) is 27.2 Å². The average molecular weight is 720 g/mol. The highest BCUT2D eigenvalue weighted by Gasteiger charge is 2.31. The van der Waals surface area contributed by atoms with Crippen LogP contribution in [0.1, 0.15) is 58.8 Å². The van der Waals surface area contributed by atoms with E-state index in [2.05, 4.69) is 35.2 Å². The molecule has 0 unspecified atom stereocenters. The number of thiophene rings is 2. The lowest BCUT2D eigenvalue weighted by Crippen LogP contribution is -2.23. The maximum absolute atomic E-state index is 12.2. The highest BCUT2D eigenvalue weighted by Crippen LogP contribution is 2.42. The van der Waals surface area contributed by atoms with Gasteiger partial charge in [-0.1, -0.05) is 11.6 Å². The minimum Gasteiger partial charge on any atom is -0.480 e. The zero-order valence-electron chi connectivity index (χ0n) is 27.2. The molecule has 0 fully saturated rings. The van der Waals surface area contributed by atoms with Crippen molar-refractivity contribution in [1.29, 1.82) is 0 Å². The number of pyridine rings is 1. The topological polar surface area (TPSA) is 151 Å². The quantitative estimate of drug-likeness (QED) is 0.146. The Morgan fingerprint density at radius 2 is 1.51 bits per heavy atom. The van der Waals surface area contributed by atoms with Crippen LogP contribution in [0.15, 0.2) is 23.7 Å². The van der Waals surface area contributed by atoms with Crippen molar-refractivity contribution < 1.29 is 23.8 Å². The molecule has 1 aliphatic heterocycles. The summed E-state index contributed by atoms with van der Waals surface area (Å²) in [6, 6.07) is 1.99. The van der Waals surface area contributed by atoms with Gasteiger partial charge in [0, 0.05) is 21.5 Å². The number of aromatic nitrogens is 5. The number of nitrogens with one attached hydrogen (secondary N) is 1. The molecule has 2 atom stereocenters. The van der Waals surface area contributed by atoms with Crippen LogP contribution in [-0.2, 0) is 51.3 Å². The van der Waals surface area contributed by atoms with Gasteiger partial charge in [-0.15, -0.1) is 22.7 Å². The smallest absolute Gasteiger partial charge is 0.309 e. The monoisotopic (exact) mass is 719 g/mol. The van der Waals surface area contributed by atoms with Crippen LogP contribution in [0.4, 0.5) is 11.5 Å². The standard InChI is InChI=1S/C21H21N5O3S.C13H13ClN2O2S/c1-3-29-21(27)11-4-5-13-16(7-11)30-20-17(13)18(23-10-24-20)25-14-6-12-8-22-9-15(12)26-19(14)28-2;1-2-18-13(17)7-3-4-8-9(5-7)19-12-10(8)11(14)15-6-16-12/h6,8,10-11H,3-5,7,9H2,1-2H3,(H,23,24,25);6-7H,2-5H2,1H3/t11-;7-/m00/s1. The van der Waals surface area contributed by atoms with Gasteiger partial charge >= 0.3 is 11.9 Å². The van der Waals surface area contributed by atoms with Crippen LogP contribution in [0.2, 0.25) is 5.15 Å². The molecule has 0 amide bonds. The summed E-state index contributed by atoms with van der Waals surface area (Å²) in [6.45, 7) is 5.10. The molecule has 2 aliphatic carbocycles. The first kappa shape index (κ1) is 33.2. The number of hydrogen-bond donors (Lipinski definition) is 1. The number of aliphatic imine (C=N–C) groups is 1. The normalized spacial score (nSPS) is 17.5. The number of hydrogen-bond acceptors (Lipinski definition) is 14. The molecule has 0 saturated carbocycles. The molecule has 3 aliphatic rings. The number of halogens is 1. The Morgan fingerprint density at radius 1 is 0.898 bits per heavy atom. The number of aryl methyl sites for hydroxylation is 2. The molecule has 1 N–H and O–H groups in total. The van der Waals surface area contributed by atoms with Crippen molar-refractivity contribution in [3.05, 3.63) is 56.0 Å². The van der Waals surface area contributed by atoms with Gasteiger partial charge in [0.2, 0.25) is 5.88 Å². The number of fused-ring (bicyclic) bond motifs is 7. The van der Waals surface area contributed by atoms with Crippen LogP contribution in [0, 0.1) is 11.8 Å². The molecule has 15 heteroatoms. The summed E-state index contributed by atoms with van der Waals surface area (Å²) in [5, 5.41) is 5.89. The van der Waals surface area contributed by atoms with E-state index in [1.807, 2.05) is 26.1 Å². The van der Waals surface area contributed by atoms with Gasteiger partial charge in [0.1, 0.15) is 39.0 Å². The Kier molecular flexibility index (Phi) is 9.70. The second-order valence-electron chi connectivity index (χ2n) is 11.8. The molecular formula is C34H34ClN7O5S2. The molecule has 12 nitrogen and oxygen atoms in total. The Balaban J connectivity index is 0.000000171. The summed E-state index contributed by atoms with van der Waals surface area (Å²) >= 11 is 9.38. The number of rotatable bonds is 7. The summed E-state index contributed by atoms with van der Waals surface area (Å²) in [6.07, 6.45) is 9.50. The molecule has 6 heterocycles. The highest BCUT2D eigenvalue weighted by molar-refractivity contribution is 7.19. The number of ether oxygens (including phenoxy) is 3. The van der Waals surface area contributed by atoms with Crippen LogP contribution in [0.5, 0.6) is 5.88 Å². The fourth-order valence-corrected chi connectivity index (χ4v) is 9.43. The fourth-order valence-electron chi connectivity index (χ4n) is 6.59. The number of esters is 2. The van der Waals surface area contributed by atoms with Crippen molar-refractivity contribution in [3.8, 4) is 5.88 Å². The first-order chi connectivity index (χ1) is 23.9. The number of methoxy groups -OCH3 is 1. The Bertz CT molecular complexity index is 2100. The second-order valence-corrected chi connectivity index (χ2v) is 14.3. The summed E-state index contributed by atoms with van der Waals surface area (Å²) in [5.74, 6) is 0.908. The van der Waals surface area contributed by atoms with Crippen molar-refractivity contribution in [2.75, 3.05) is 25.6 Å². The van der Waals surface area contributed by atoms with Crippen molar-refractivity contribution in [3.63, 3.8) is 0 Å². The van der Waals surface area contributed by atoms with Gasteiger partial charge in [0.05, 0.1) is 55.2 Å². The van der Waals surface area contributed by atoms with Gasteiger partial charge in [0.15, 0.2) is 0 Å². The molecule has 0 bridgehead atoms. The number of anilines is 2. The van der Waals surface area contributed by atoms with Crippen molar-refractivity contribution in [2.45, 2.75) is 58.9 Å². The third-order valence-corrected chi connectivity index (χ3v) is 11.5. The van der Waals surface area contributed by atoms with E-state index in [0.717, 1.165) is 75.3 Å². The lowest BCUT2D eigenvalue weighted by atomic mass is 9.88. The Hall–Kier alpha value is -4.27. The van der Waals surface area contributed by atoms with Crippen LogP contribution in [-0.4, -0.2) is 63.4 Å². The van der Waals surface area contributed by atoms with E-state index in [1.54, 1.807) is 36.1 Å². The fraction of sp³-hybridized carbons (Fsp3) is 0.412. The van der Waals surface area contributed by atoms with Crippen LogP contribution >= 0.6 is 34.3 Å². The number of carbonyl (C=O) groups excluding carboxylic acids is 2. The number of carbonyl (C=O) groups is 2. The molecular weight excluding hydrogens is 686 g/mol. The molecule has 254 valence electrons. The van der Waals surface area contributed by atoms with E-state index in [-0.39, 0.29) is 23.8 Å². The van der Waals surface area contributed by atoms with E-state index in [9.17, 15) is 9.59 Å². The van der Waals surface area contributed by atoms with Gasteiger partial charge in [-0.2, -0.15) is 0 Å². The van der Waals surface area contributed by atoms with E-state index < -0.39 is 0 Å². The van der Waals surface area contributed by atoms with Gasteiger partial charge in [-0.25, -0.2) is 24.9 Å². The maximum atomic E-state index is 12.2. The minimum atomic E-state index is -0.111. The lowest BCUT2D eigenvalue weighted by Gasteiger charge is -2.20. The highest BCUT2D eigenvalue weighted by atomic mass is 35.5. The molecule has 5 aromatic rings. The van der Waals surface area contributed by atoms with Gasteiger partial charge < -0.3 is 19.5 Å². The number of nitrogens with zero attached hydrogens (tertiary/aromatic N) is 6. The zero-order chi connectivity index (χ0) is 34.1. The summed E-state index contributed by atoms with van der Waals surface area (Å²) in [4.78, 5) is 54.4. The van der Waals surface area contributed by atoms with E-state index in [0.29, 0.717) is 37.2 Å². The Labute approximate surface area is 295 Å². The molecule has 0 spiro atoms. The summed E-state index contributed by atoms with van der Waals surface area (Å²) < 4.78 is 15.8. The first-order valence-corrected chi connectivity index (χ1v) is 18.2. The van der Waals surface area contributed by atoms with Crippen LogP contribution < -0.4 is 10.1 Å². The molecule has 5 aromatic heterocycles. The van der Waals surface area contributed by atoms with Gasteiger partial charge in [-0.05, 0) is 69.6 Å².